The van der Waals surface area contributed by atoms with E-state index in [1.165, 1.54) is 5.56 Å². The third-order valence-electron chi connectivity index (χ3n) is 2.84. The number of hydrogen-bond donors (Lipinski definition) is 2. The summed E-state index contributed by atoms with van der Waals surface area (Å²) in [6, 6.07) is 3.98. The minimum Gasteiger partial charge on any atom is -0.396 e. The molecule has 0 bridgehead atoms. The van der Waals surface area contributed by atoms with Crippen molar-refractivity contribution in [3.8, 4) is 0 Å². The number of nitrogens with one attached hydrogen (secondary N) is 1. The van der Waals surface area contributed by atoms with Crippen molar-refractivity contribution < 1.29 is 5.11 Å². The van der Waals surface area contributed by atoms with Crippen LogP contribution in [0.5, 0.6) is 0 Å². The van der Waals surface area contributed by atoms with Gasteiger partial charge >= 0.3 is 0 Å². The topological polar surface area (TPSA) is 45.1 Å². The summed E-state index contributed by atoms with van der Waals surface area (Å²) in [4.78, 5) is 4.05. The SMILES string of the molecule is CCC(C)(CO)CNCc1cccnc1. The van der Waals surface area contributed by atoms with E-state index >= 15 is 0 Å². The van der Waals surface area contributed by atoms with Crippen molar-refractivity contribution in [1.82, 2.24) is 10.3 Å². The molecule has 84 valence electrons. The van der Waals surface area contributed by atoms with Crippen LogP contribution >= 0.6 is 0 Å². The predicted molar refractivity (Wildman–Crippen MR) is 61.4 cm³/mol. The molecule has 3 heteroatoms. The molecular formula is C12H20N2O. The van der Waals surface area contributed by atoms with Crippen molar-refractivity contribution >= 4 is 0 Å². The first kappa shape index (κ1) is 12.1. The smallest absolute Gasteiger partial charge is 0.0496 e. The second kappa shape index (κ2) is 5.83. The lowest BCUT2D eigenvalue weighted by Gasteiger charge is -2.25. The van der Waals surface area contributed by atoms with Crippen LogP contribution in [0.4, 0.5) is 0 Å². The van der Waals surface area contributed by atoms with Crippen molar-refractivity contribution in [3.05, 3.63) is 30.1 Å². The van der Waals surface area contributed by atoms with Gasteiger partial charge in [-0.3, -0.25) is 4.98 Å². The van der Waals surface area contributed by atoms with E-state index in [-0.39, 0.29) is 12.0 Å². The fourth-order valence-corrected chi connectivity index (χ4v) is 1.30. The maximum atomic E-state index is 9.23. The number of rotatable bonds is 6. The molecule has 1 heterocycles. The second-order valence-corrected chi connectivity index (χ2v) is 4.29. The Labute approximate surface area is 91.5 Å². The maximum Gasteiger partial charge on any atom is 0.0496 e. The van der Waals surface area contributed by atoms with Crippen LogP contribution in [0.2, 0.25) is 0 Å². The Morgan fingerprint density at radius 3 is 2.87 bits per heavy atom. The third kappa shape index (κ3) is 3.98. The summed E-state index contributed by atoms with van der Waals surface area (Å²) >= 11 is 0. The number of pyridine rings is 1. The Balaban J connectivity index is 2.33. The average Bonchev–Trinajstić information content (AvgIpc) is 2.30. The first-order valence-electron chi connectivity index (χ1n) is 5.41. The van der Waals surface area contributed by atoms with E-state index in [9.17, 15) is 5.11 Å². The van der Waals surface area contributed by atoms with Gasteiger partial charge in [0, 0.05) is 37.5 Å². The third-order valence-corrected chi connectivity index (χ3v) is 2.84. The van der Waals surface area contributed by atoms with Gasteiger partial charge in [0.05, 0.1) is 0 Å². The molecule has 0 spiro atoms. The first-order valence-corrected chi connectivity index (χ1v) is 5.41. The van der Waals surface area contributed by atoms with Crippen LogP contribution in [0.3, 0.4) is 0 Å². The van der Waals surface area contributed by atoms with Gasteiger partial charge in [-0.1, -0.05) is 19.9 Å². The van der Waals surface area contributed by atoms with Crippen molar-refractivity contribution in [2.24, 2.45) is 5.41 Å². The summed E-state index contributed by atoms with van der Waals surface area (Å²) in [6.45, 7) is 6.05. The van der Waals surface area contributed by atoms with Gasteiger partial charge in [-0.2, -0.15) is 0 Å². The quantitative estimate of drug-likeness (QED) is 0.746. The lowest BCUT2D eigenvalue weighted by molar-refractivity contribution is 0.135. The molecule has 0 aliphatic rings. The fourth-order valence-electron chi connectivity index (χ4n) is 1.30. The summed E-state index contributed by atoms with van der Waals surface area (Å²) in [6.07, 6.45) is 4.60. The number of aliphatic hydroxyl groups is 1. The molecule has 0 fully saturated rings. The molecule has 2 N–H and O–H groups in total. The minimum absolute atomic E-state index is 0.0117. The van der Waals surface area contributed by atoms with E-state index < -0.39 is 0 Å². The van der Waals surface area contributed by atoms with Gasteiger partial charge in [-0.25, -0.2) is 0 Å². The molecule has 1 aromatic heterocycles. The highest BCUT2D eigenvalue weighted by Gasteiger charge is 2.19. The minimum atomic E-state index is -0.0117. The van der Waals surface area contributed by atoms with Gasteiger partial charge in [0.25, 0.3) is 0 Å². The Morgan fingerprint density at radius 1 is 1.53 bits per heavy atom. The van der Waals surface area contributed by atoms with Crippen molar-refractivity contribution in [2.75, 3.05) is 13.2 Å². The van der Waals surface area contributed by atoms with Crippen LogP contribution in [0.15, 0.2) is 24.5 Å². The molecule has 1 aromatic rings. The molecule has 0 amide bonds. The van der Waals surface area contributed by atoms with Gasteiger partial charge in [0.1, 0.15) is 0 Å². The molecule has 15 heavy (non-hydrogen) atoms. The van der Waals surface area contributed by atoms with E-state index in [1.807, 2.05) is 18.3 Å². The van der Waals surface area contributed by atoms with E-state index in [1.54, 1.807) is 6.20 Å². The Morgan fingerprint density at radius 2 is 2.33 bits per heavy atom. The summed E-state index contributed by atoms with van der Waals surface area (Å²) in [5.74, 6) is 0. The molecule has 0 aliphatic heterocycles. The molecule has 1 atom stereocenters. The lowest BCUT2D eigenvalue weighted by atomic mass is 9.88. The van der Waals surface area contributed by atoms with Crippen molar-refractivity contribution in [1.29, 1.82) is 0 Å². The monoisotopic (exact) mass is 208 g/mol. The molecule has 0 saturated heterocycles. The van der Waals surface area contributed by atoms with Gasteiger partial charge in [-0.05, 0) is 18.1 Å². The Hall–Kier alpha value is -0.930. The normalized spacial score (nSPS) is 14.9. The number of nitrogens with zero attached hydrogens (tertiary/aromatic N) is 1. The van der Waals surface area contributed by atoms with E-state index in [0.717, 1.165) is 19.5 Å². The van der Waals surface area contributed by atoms with Gasteiger partial charge in [0.15, 0.2) is 0 Å². The van der Waals surface area contributed by atoms with Gasteiger partial charge in [-0.15, -0.1) is 0 Å². The number of aromatic nitrogens is 1. The highest BCUT2D eigenvalue weighted by Crippen LogP contribution is 2.18. The van der Waals surface area contributed by atoms with Gasteiger partial charge in [0.2, 0.25) is 0 Å². The van der Waals surface area contributed by atoms with E-state index in [2.05, 4.69) is 24.1 Å². The predicted octanol–water partition coefficient (Wildman–Crippen LogP) is 1.58. The van der Waals surface area contributed by atoms with E-state index in [4.69, 9.17) is 0 Å². The zero-order chi connectivity index (χ0) is 11.1. The summed E-state index contributed by atoms with van der Waals surface area (Å²) < 4.78 is 0. The van der Waals surface area contributed by atoms with Crippen LogP contribution in [-0.2, 0) is 6.54 Å². The summed E-state index contributed by atoms with van der Waals surface area (Å²) in [7, 11) is 0. The fraction of sp³-hybridized carbons (Fsp3) is 0.583. The molecule has 1 unspecified atom stereocenters. The second-order valence-electron chi connectivity index (χ2n) is 4.29. The zero-order valence-corrected chi connectivity index (χ0v) is 9.53. The molecule has 0 saturated carbocycles. The Bertz CT molecular complexity index is 270. The van der Waals surface area contributed by atoms with Crippen LogP contribution in [0.25, 0.3) is 0 Å². The molecule has 0 aromatic carbocycles. The van der Waals surface area contributed by atoms with Crippen LogP contribution in [0.1, 0.15) is 25.8 Å². The van der Waals surface area contributed by atoms with Crippen molar-refractivity contribution in [3.63, 3.8) is 0 Å². The van der Waals surface area contributed by atoms with Crippen LogP contribution in [-0.4, -0.2) is 23.2 Å². The molecule has 3 nitrogen and oxygen atoms in total. The maximum absolute atomic E-state index is 9.23. The molecule has 0 radical (unpaired) electrons. The zero-order valence-electron chi connectivity index (χ0n) is 9.53. The number of aliphatic hydroxyl groups excluding tert-OH is 1. The standard InChI is InChI=1S/C12H20N2O/c1-3-12(2,10-15)9-14-8-11-5-4-6-13-7-11/h4-7,14-15H,3,8-10H2,1-2H3. The summed E-state index contributed by atoms with van der Waals surface area (Å²) in [5.41, 5.74) is 1.16. The molecule has 1 rings (SSSR count). The van der Waals surface area contributed by atoms with E-state index in [0.29, 0.717) is 0 Å². The highest BCUT2D eigenvalue weighted by molar-refractivity contribution is 5.07. The largest absolute Gasteiger partial charge is 0.396 e. The average molecular weight is 208 g/mol. The lowest BCUT2D eigenvalue weighted by Crippen LogP contribution is -2.34. The van der Waals surface area contributed by atoms with Crippen LogP contribution < -0.4 is 5.32 Å². The Kier molecular flexibility index (Phi) is 4.72. The highest BCUT2D eigenvalue weighted by atomic mass is 16.3. The molecular weight excluding hydrogens is 188 g/mol. The summed E-state index contributed by atoms with van der Waals surface area (Å²) in [5, 5.41) is 12.6. The van der Waals surface area contributed by atoms with Crippen molar-refractivity contribution in [2.45, 2.75) is 26.8 Å². The first-order chi connectivity index (χ1) is 7.20. The molecule has 0 aliphatic carbocycles. The van der Waals surface area contributed by atoms with Gasteiger partial charge < -0.3 is 10.4 Å². The number of hydrogen-bond acceptors (Lipinski definition) is 3. The van der Waals surface area contributed by atoms with Crippen LogP contribution in [0, 0.1) is 5.41 Å².